The van der Waals surface area contributed by atoms with Gasteiger partial charge in [-0.15, -0.1) is 11.3 Å². The zero-order chi connectivity index (χ0) is 23.9. The van der Waals surface area contributed by atoms with E-state index in [0.29, 0.717) is 19.4 Å². The highest BCUT2D eigenvalue weighted by Crippen LogP contribution is 2.26. The van der Waals surface area contributed by atoms with Crippen LogP contribution < -0.4 is 5.32 Å². The van der Waals surface area contributed by atoms with Crippen LogP contribution in [0.5, 0.6) is 0 Å². The molecule has 1 aliphatic rings. The molecule has 32 heavy (non-hydrogen) atoms. The van der Waals surface area contributed by atoms with E-state index in [-0.39, 0.29) is 36.6 Å². The van der Waals surface area contributed by atoms with Gasteiger partial charge in [0.25, 0.3) is 5.91 Å². The predicted molar refractivity (Wildman–Crippen MR) is 123 cm³/mol. The van der Waals surface area contributed by atoms with Gasteiger partial charge in [0, 0.05) is 42.3 Å². The maximum Gasteiger partial charge on any atom is 0.306 e. The van der Waals surface area contributed by atoms with Gasteiger partial charge in [-0.1, -0.05) is 34.6 Å². The van der Waals surface area contributed by atoms with Crippen molar-refractivity contribution < 1.29 is 23.9 Å². The number of amides is 1. The number of esters is 1. The van der Waals surface area contributed by atoms with Gasteiger partial charge in [-0.25, -0.2) is 4.98 Å². The van der Waals surface area contributed by atoms with E-state index in [2.05, 4.69) is 10.3 Å². The maximum atomic E-state index is 13.1. The molecule has 1 aromatic rings. The Labute approximate surface area is 194 Å². The lowest BCUT2D eigenvalue weighted by atomic mass is 9.82. The zero-order valence-electron chi connectivity index (χ0n) is 19.9. The summed E-state index contributed by atoms with van der Waals surface area (Å²) in [7, 11) is 0. The van der Waals surface area contributed by atoms with E-state index in [1.54, 1.807) is 11.3 Å². The van der Waals surface area contributed by atoms with E-state index in [0.717, 1.165) is 22.7 Å². The van der Waals surface area contributed by atoms with Crippen LogP contribution in [0.25, 0.3) is 0 Å². The van der Waals surface area contributed by atoms with Crippen molar-refractivity contribution in [3.05, 3.63) is 16.1 Å². The molecule has 1 aliphatic heterocycles. The van der Waals surface area contributed by atoms with Crippen LogP contribution in [0, 0.1) is 23.2 Å². The molecule has 1 N–H and O–H groups in total. The Morgan fingerprint density at radius 3 is 2.62 bits per heavy atom. The van der Waals surface area contributed by atoms with Gasteiger partial charge in [0.1, 0.15) is 5.78 Å². The number of nitrogens with zero attached hydrogens (tertiary/aromatic N) is 1. The van der Waals surface area contributed by atoms with Crippen LogP contribution in [0.15, 0.2) is 6.20 Å². The Hall–Kier alpha value is -2.09. The van der Waals surface area contributed by atoms with Crippen LogP contribution in [-0.2, 0) is 36.8 Å². The number of carbonyl (C=O) groups excluding carboxylic acids is 4. The van der Waals surface area contributed by atoms with Crippen LogP contribution in [0.4, 0.5) is 0 Å². The monoisotopic (exact) mass is 464 g/mol. The average Bonchev–Trinajstić information content (AvgIpc) is 3.16. The Morgan fingerprint density at radius 2 is 1.97 bits per heavy atom. The van der Waals surface area contributed by atoms with Crippen LogP contribution in [0.2, 0.25) is 0 Å². The number of hydrogen-bond acceptors (Lipinski definition) is 7. The van der Waals surface area contributed by atoms with Crippen LogP contribution >= 0.6 is 11.3 Å². The summed E-state index contributed by atoms with van der Waals surface area (Å²) < 4.78 is 5.34. The average molecular weight is 465 g/mol. The molecule has 0 spiro atoms. The van der Waals surface area contributed by atoms with Crippen LogP contribution in [-0.4, -0.2) is 41.6 Å². The Balaban J connectivity index is 2.09. The van der Waals surface area contributed by atoms with Crippen LogP contribution in [0.3, 0.4) is 0 Å². The number of nitrogens with one attached hydrogen (secondary N) is 1. The van der Waals surface area contributed by atoms with Gasteiger partial charge in [-0.2, -0.15) is 0 Å². The summed E-state index contributed by atoms with van der Waals surface area (Å²) in [4.78, 5) is 56.2. The standard InChI is InChI=1S/C24H36N2O5S/c1-15(2)18(12-21(28)31-14-24(3,4)5)19(27)11-16-8-9-20-26-13-17(32-20)7-6-10-25-23(30)22(16)29/h13,15-16,18H,6-12,14H2,1-5H3,(H,25,30). The number of rotatable bonds is 7. The van der Waals surface area contributed by atoms with Crippen molar-refractivity contribution >= 4 is 34.8 Å². The van der Waals surface area contributed by atoms with Crippen molar-refractivity contribution in [2.24, 2.45) is 23.2 Å². The lowest BCUT2D eigenvalue weighted by Gasteiger charge is -2.23. The van der Waals surface area contributed by atoms with Gasteiger partial charge in [-0.3, -0.25) is 19.2 Å². The largest absolute Gasteiger partial charge is 0.465 e. The molecule has 7 nitrogen and oxygen atoms in total. The fraction of sp³-hybridized carbons (Fsp3) is 0.708. The van der Waals surface area contributed by atoms with E-state index in [1.165, 1.54) is 0 Å². The zero-order valence-corrected chi connectivity index (χ0v) is 20.7. The lowest BCUT2D eigenvalue weighted by molar-refractivity contribution is -0.150. The van der Waals surface area contributed by atoms with E-state index >= 15 is 0 Å². The Kier molecular flexibility index (Phi) is 9.55. The first kappa shape index (κ1) is 26.2. The van der Waals surface area contributed by atoms with Gasteiger partial charge < -0.3 is 10.1 Å². The summed E-state index contributed by atoms with van der Waals surface area (Å²) in [5, 5.41) is 3.59. The summed E-state index contributed by atoms with van der Waals surface area (Å²) in [5.74, 6) is -3.14. The molecule has 2 rings (SSSR count). The van der Waals surface area contributed by atoms with Gasteiger partial charge in [-0.05, 0) is 30.6 Å². The molecule has 2 unspecified atom stereocenters. The maximum absolute atomic E-state index is 13.1. The molecule has 1 amide bonds. The molecule has 178 valence electrons. The molecule has 0 aliphatic carbocycles. The molecule has 0 fully saturated rings. The van der Waals surface area contributed by atoms with E-state index in [9.17, 15) is 19.2 Å². The second-order valence-corrected chi connectivity index (χ2v) is 11.3. The molecule has 0 aromatic carbocycles. The van der Waals surface area contributed by atoms with E-state index < -0.39 is 29.5 Å². The third-order valence-electron chi connectivity index (χ3n) is 5.51. The fourth-order valence-electron chi connectivity index (χ4n) is 3.59. The van der Waals surface area contributed by atoms with E-state index in [4.69, 9.17) is 4.74 Å². The third kappa shape index (κ3) is 8.45. The summed E-state index contributed by atoms with van der Waals surface area (Å²) in [6, 6.07) is 0. The van der Waals surface area contributed by atoms with Crippen molar-refractivity contribution in [2.45, 2.75) is 73.1 Å². The summed E-state index contributed by atoms with van der Waals surface area (Å²) in [6.45, 7) is 10.4. The minimum Gasteiger partial charge on any atom is -0.465 e. The van der Waals surface area contributed by atoms with Crippen molar-refractivity contribution in [1.82, 2.24) is 10.3 Å². The first-order valence-electron chi connectivity index (χ1n) is 11.4. The number of ether oxygens (including phenoxy) is 1. The number of ketones is 2. The molecular weight excluding hydrogens is 428 g/mol. The van der Waals surface area contributed by atoms with Gasteiger partial charge in [0.05, 0.1) is 18.0 Å². The minimum absolute atomic E-state index is 0.0183. The van der Waals surface area contributed by atoms with Crippen molar-refractivity contribution in [1.29, 1.82) is 0 Å². The normalized spacial score (nSPS) is 19.0. The van der Waals surface area contributed by atoms with Gasteiger partial charge in [0.2, 0.25) is 5.78 Å². The highest BCUT2D eigenvalue weighted by molar-refractivity contribution is 7.11. The molecule has 2 atom stereocenters. The van der Waals surface area contributed by atoms with Crippen molar-refractivity contribution in [2.75, 3.05) is 13.2 Å². The Bertz CT molecular complexity index is 825. The quantitative estimate of drug-likeness (QED) is 0.489. The van der Waals surface area contributed by atoms with Gasteiger partial charge in [0.15, 0.2) is 0 Å². The highest BCUT2D eigenvalue weighted by Gasteiger charge is 2.33. The second-order valence-electron chi connectivity index (χ2n) is 10.1. The fourth-order valence-corrected chi connectivity index (χ4v) is 4.57. The first-order valence-corrected chi connectivity index (χ1v) is 12.2. The van der Waals surface area contributed by atoms with Crippen molar-refractivity contribution in [3.63, 3.8) is 0 Å². The van der Waals surface area contributed by atoms with Crippen LogP contribution in [0.1, 0.15) is 70.2 Å². The molecule has 8 heteroatoms. The second kappa shape index (κ2) is 11.7. The molecule has 0 saturated carbocycles. The first-order chi connectivity index (χ1) is 15.0. The molecule has 2 heterocycles. The van der Waals surface area contributed by atoms with Gasteiger partial charge >= 0.3 is 5.97 Å². The molecule has 2 bridgehead atoms. The molecule has 1 aromatic heterocycles. The molecule has 0 saturated heterocycles. The summed E-state index contributed by atoms with van der Waals surface area (Å²) in [5.41, 5.74) is -0.157. The smallest absolute Gasteiger partial charge is 0.306 e. The number of thiazole rings is 1. The topological polar surface area (TPSA) is 102 Å². The SMILES string of the molecule is CC(C)C(CC(=O)OCC(C)(C)C)C(=O)CC1CCc2ncc(s2)CCCNC(=O)C1=O. The number of aryl methyl sites for hydroxylation is 2. The predicted octanol–water partition coefficient (Wildman–Crippen LogP) is 3.53. The number of carbonyl (C=O) groups is 4. The number of Topliss-reactive ketones (excluding diaryl/α,β-unsaturated/α-hetero) is 2. The van der Waals surface area contributed by atoms with Crippen molar-refractivity contribution in [3.8, 4) is 0 Å². The number of hydrogen-bond donors (Lipinski definition) is 1. The number of aromatic nitrogens is 1. The third-order valence-corrected chi connectivity index (χ3v) is 6.62. The summed E-state index contributed by atoms with van der Waals surface area (Å²) >= 11 is 1.62. The highest BCUT2D eigenvalue weighted by atomic mass is 32.1. The summed E-state index contributed by atoms with van der Waals surface area (Å²) in [6.07, 6.45) is 4.24. The van der Waals surface area contributed by atoms with E-state index in [1.807, 2.05) is 40.8 Å². The Morgan fingerprint density at radius 1 is 1.25 bits per heavy atom. The minimum atomic E-state index is -0.721. The number of fused-ring (bicyclic) bond motifs is 2. The lowest BCUT2D eigenvalue weighted by Crippen LogP contribution is -2.38. The molecule has 0 radical (unpaired) electrons. The molecular formula is C24H36N2O5S.